The fraction of sp³-hybridized carbons (Fsp3) is 0.350. The van der Waals surface area contributed by atoms with E-state index in [4.69, 9.17) is 16.6 Å². The number of aromatic nitrogens is 3. The Morgan fingerprint density at radius 2 is 2.07 bits per heavy atom. The number of halogens is 2. The summed E-state index contributed by atoms with van der Waals surface area (Å²) in [6.07, 6.45) is 6.54. The van der Waals surface area contributed by atoms with Crippen LogP contribution in [0.4, 0.5) is 0 Å². The van der Waals surface area contributed by atoms with Gasteiger partial charge in [-0.15, -0.1) is 35.3 Å². The standard InChI is InChI=1S/C20H25ClN6S.HI/c1-3-22-20(23-11-9-19-24-13-15(2)28-19)25-14-18(27-12-4-10-26-27)16-5-7-17(21)8-6-16;/h4-8,10,12-13,18H,3,9,11,14H2,1-2H3,(H2,22,23,25);1H. The molecule has 0 bridgehead atoms. The van der Waals surface area contributed by atoms with Crippen LogP contribution in [0.1, 0.15) is 28.4 Å². The average molecular weight is 545 g/mol. The lowest BCUT2D eigenvalue weighted by Gasteiger charge is -2.18. The lowest BCUT2D eigenvalue weighted by atomic mass is 10.1. The molecule has 1 unspecified atom stereocenters. The highest BCUT2D eigenvalue weighted by Crippen LogP contribution is 2.20. The molecule has 3 aromatic rings. The number of guanidine groups is 1. The predicted octanol–water partition coefficient (Wildman–Crippen LogP) is 4.31. The number of rotatable bonds is 8. The summed E-state index contributed by atoms with van der Waals surface area (Å²) in [6, 6.07) is 9.77. The van der Waals surface area contributed by atoms with Gasteiger partial charge in [0.15, 0.2) is 5.96 Å². The van der Waals surface area contributed by atoms with Crippen LogP contribution < -0.4 is 10.6 Å². The lowest BCUT2D eigenvalue weighted by molar-refractivity contribution is 0.531. The van der Waals surface area contributed by atoms with Gasteiger partial charge in [-0.3, -0.25) is 9.67 Å². The molecule has 6 nitrogen and oxygen atoms in total. The van der Waals surface area contributed by atoms with Gasteiger partial charge < -0.3 is 10.6 Å². The number of thiazole rings is 1. The third kappa shape index (κ3) is 7.27. The highest BCUT2D eigenvalue weighted by Gasteiger charge is 2.14. The van der Waals surface area contributed by atoms with Crippen molar-refractivity contribution < 1.29 is 0 Å². The van der Waals surface area contributed by atoms with Crippen molar-refractivity contribution in [1.29, 1.82) is 0 Å². The SMILES string of the molecule is CCNC(=NCC(c1ccc(Cl)cc1)n1cccn1)NCCc1ncc(C)s1.I. The molecule has 0 saturated carbocycles. The lowest BCUT2D eigenvalue weighted by Crippen LogP contribution is -2.38. The second-order valence-electron chi connectivity index (χ2n) is 6.31. The number of hydrogen-bond acceptors (Lipinski definition) is 4. The van der Waals surface area contributed by atoms with E-state index in [9.17, 15) is 0 Å². The van der Waals surface area contributed by atoms with E-state index >= 15 is 0 Å². The third-order valence-corrected chi connectivity index (χ3v) is 5.39. The van der Waals surface area contributed by atoms with Crippen molar-refractivity contribution in [2.24, 2.45) is 4.99 Å². The molecule has 156 valence electrons. The van der Waals surface area contributed by atoms with E-state index in [-0.39, 0.29) is 30.0 Å². The van der Waals surface area contributed by atoms with Gasteiger partial charge in [-0.25, -0.2) is 4.98 Å². The van der Waals surface area contributed by atoms with Crippen LogP contribution in [-0.4, -0.2) is 40.4 Å². The molecule has 9 heteroatoms. The monoisotopic (exact) mass is 544 g/mol. The fourth-order valence-corrected chi connectivity index (χ4v) is 3.73. The molecule has 0 aliphatic carbocycles. The van der Waals surface area contributed by atoms with Crippen LogP contribution in [0.25, 0.3) is 0 Å². The minimum absolute atomic E-state index is 0. The zero-order chi connectivity index (χ0) is 19.8. The van der Waals surface area contributed by atoms with Crippen molar-refractivity contribution >= 4 is 52.9 Å². The molecule has 0 fully saturated rings. The Labute approximate surface area is 197 Å². The highest BCUT2D eigenvalue weighted by atomic mass is 127. The maximum atomic E-state index is 6.04. The Hall–Kier alpha value is -1.65. The fourth-order valence-electron chi connectivity index (χ4n) is 2.82. The van der Waals surface area contributed by atoms with Crippen LogP contribution in [0.5, 0.6) is 0 Å². The van der Waals surface area contributed by atoms with Gasteiger partial charge in [-0.05, 0) is 37.6 Å². The molecule has 0 aliphatic rings. The second-order valence-corrected chi connectivity index (χ2v) is 8.07. The zero-order valence-corrected chi connectivity index (χ0v) is 20.4. The Morgan fingerprint density at radius 3 is 2.69 bits per heavy atom. The van der Waals surface area contributed by atoms with E-state index in [1.54, 1.807) is 17.5 Å². The van der Waals surface area contributed by atoms with E-state index in [1.807, 2.05) is 47.4 Å². The topological polar surface area (TPSA) is 67.1 Å². The summed E-state index contributed by atoms with van der Waals surface area (Å²) in [5.74, 6) is 0.793. The minimum atomic E-state index is 0. The smallest absolute Gasteiger partial charge is 0.191 e. The largest absolute Gasteiger partial charge is 0.357 e. The Morgan fingerprint density at radius 1 is 1.28 bits per heavy atom. The number of benzene rings is 1. The van der Waals surface area contributed by atoms with E-state index in [2.05, 4.69) is 34.6 Å². The van der Waals surface area contributed by atoms with Crippen LogP contribution in [0.2, 0.25) is 5.02 Å². The zero-order valence-electron chi connectivity index (χ0n) is 16.5. The maximum absolute atomic E-state index is 6.04. The molecule has 29 heavy (non-hydrogen) atoms. The summed E-state index contributed by atoms with van der Waals surface area (Å²) < 4.78 is 1.93. The quantitative estimate of drug-likeness (QED) is 0.252. The van der Waals surface area contributed by atoms with Crippen molar-refractivity contribution in [2.45, 2.75) is 26.3 Å². The second kappa shape index (κ2) is 12.1. The van der Waals surface area contributed by atoms with E-state index in [0.717, 1.165) is 41.1 Å². The van der Waals surface area contributed by atoms with Crippen LogP contribution in [-0.2, 0) is 6.42 Å². The molecule has 0 amide bonds. The normalized spacial score (nSPS) is 12.3. The molecule has 2 N–H and O–H groups in total. The number of nitrogens with one attached hydrogen (secondary N) is 2. The van der Waals surface area contributed by atoms with Gasteiger partial charge in [-0.2, -0.15) is 5.10 Å². The molecule has 0 aliphatic heterocycles. The van der Waals surface area contributed by atoms with Crippen molar-refractivity contribution in [1.82, 2.24) is 25.4 Å². The van der Waals surface area contributed by atoms with Crippen LogP contribution in [0.3, 0.4) is 0 Å². The van der Waals surface area contributed by atoms with E-state index in [1.165, 1.54) is 4.88 Å². The summed E-state index contributed by atoms with van der Waals surface area (Å²) in [6.45, 7) is 6.29. The number of aliphatic imine (C=N–C) groups is 1. The maximum Gasteiger partial charge on any atom is 0.191 e. The highest BCUT2D eigenvalue weighted by molar-refractivity contribution is 14.0. The number of nitrogens with zero attached hydrogens (tertiary/aromatic N) is 4. The van der Waals surface area contributed by atoms with E-state index in [0.29, 0.717) is 6.54 Å². The Bertz CT molecular complexity index is 879. The van der Waals surface area contributed by atoms with Crippen LogP contribution in [0, 0.1) is 6.92 Å². The van der Waals surface area contributed by atoms with Crippen LogP contribution in [0.15, 0.2) is 53.9 Å². The molecule has 1 atom stereocenters. The van der Waals surface area contributed by atoms with Gasteiger partial charge >= 0.3 is 0 Å². The first-order valence-electron chi connectivity index (χ1n) is 9.33. The first-order valence-corrected chi connectivity index (χ1v) is 10.5. The number of hydrogen-bond donors (Lipinski definition) is 2. The molecular formula is C20H26ClIN6S. The summed E-state index contributed by atoms with van der Waals surface area (Å²) in [4.78, 5) is 10.4. The van der Waals surface area contributed by atoms with E-state index < -0.39 is 0 Å². The average Bonchev–Trinajstić information content (AvgIpc) is 3.35. The first-order chi connectivity index (χ1) is 13.7. The summed E-state index contributed by atoms with van der Waals surface area (Å²) in [5.41, 5.74) is 1.12. The molecule has 0 spiro atoms. The van der Waals surface area contributed by atoms with Crippen molar-refractivity contribution in [2.75, 3.05) is 19.6 Å². The number of aryl methyl sites for hydroxylation is 1. The molecule has 2 aromatic heterocycles. The minimum Gasteiger partial charge on any atom is -0.357 e. The molecule has 0 radical (unpaired) electrons. The van der Waals surface area contributed by atoms with Gasteiger partial charge in [0.05, 0.1) is 17.6 Å². The van der Waals surface area contributed by atoms with Crippen molar-refractivity contribution in [3.8, 4) is 0 Å². The van der Waals surface area contributed by atoms with Gasteiger partial charge in [0.25, 0.3) is 0 Å². The Kier molecular flexibility index (Phi) is 9.89. The van der Waals surface area contributed by atoms with Gasteiger partial charge in [-0.1, -0.05) is 23.7 Å². The first kappa shape index (κ1) is 23.6. The van der Waals surface area contributed by atoms with Gasteiger partial charge in [0.2, 0.25) is 0 Å². The molecule has 0 saturated heterocycles. The van der Waals surface area contributed by atoms with Crippen molar-refractivity contribution in [3.05, 3.63) is 69.4 Å². The summed E-state index contributed by atoms with van der Waals surface area (Å²) in [5, 5.41) is 13.0. The molecule has 1 aromatic carbocycles. The van der Waals surface area contributed by atoms with Gasteiger partial charge in [0, 0.05) is 48.0 Å². The molecular weight excluding hydrogens is 519 g/mol. The summed E-state index contributed by atoms with van der Waals surface area (Å²) in [7, 11) is 0. The van der Waals surface area contributed by atoms with Gasteiger partial charge in [0.1, 0.15) is 0 Å². The summed E-state index contributed by atoms with van der Waals surface area (Å²) >= 11 is 7.78. The van der Waals surface area contributed by atoms with Crippen LogP contribution >= 0.6 is 46.9 Å². The Balaban J connectivity index is 0.00000300. The third-order valence-electron chi connectivity index (χ3n) is 4.17. The van der Waals surface area contributed by atoms with Crippen molar-refractivity contribution in [3.63, 3.8) is 0 Å². The predicted molar refractivity (Wildman–Crippen MR) is 132 cm³/mol. The molecule has 3 rings (SSSR count). The molecule has 2 heterocycles.